The van der Waals surface area contributed by atoms with Crippen LogP contribution >= 0.6 is 0 Å². The van der Waals surface area contributed by atoms with Gasteiger partial charge in [-0.15, -0.1) is 0 Å². The second-order valence-corrected chi connectivity index (χ2v) is 5.29. The lowest BCUT2D eigenvalue weighted by atomic mass is 10.0. The summed E-state index contributed by atoms with van der Waals surface area (Å²) >= 11 is 0. The topological polar surface area (TPSA) is 113 Å². The molecule has 0 amide bonds. The zero-order chi connectivity index (χ0) is 14.9. The quantitative estimate of drug-likeness (QED) is 0.513. The molecule has 3 unspecified atom stereocenters. The predicted octanol–water partition coefficient (Wildman–Crippen LogP) is 1.47. The summed E-state index contributed by atoms with van der Waals surface area (Å²) in [5, 5.41) is 3.74. The van der Waals surface area contributed by atoms with Gasteiger partial charge in [-0.2, -0.15) is 0 Å². The van der Waals surface area contributed by atoms with Gasteiger partial charge in [0.25, 0.3) is 5.56 Å². The molecule has 0 radical (unpaired) electrons. The van der Waals surface area contributed by atoms with Gasteiger partial charge >= 0.3 is 5.69 Å². The SMILES string of the molecule is Cc1cn(C2CC(N=[N+]=[N-])C(C(C)C)O2)c(=O)[nH]c1=O. The molecule has 8 nitrogen and oxygen atoms in total. The summed E-state index contributed by atoms with van der Waals surface area (Å²) in [6, 6.07) is -0.316. The van der Waals surface area contributed by atoms with E-state index in [-0.39, 0.29) is 18.1 Å². The third kappa shape index (κ3) is 2.61. The number of azide groups is 1. The fourth-order valence-corrected chi connectivity index (χ4v) is 2.43. The molecule has 20 heavy (non-hydrogen) atoms. The molecule has 1 saturated heterocycles. The highest BCUT2D eigenvalue weighted by atomic mass is 16.5. The Morgan fingerprint density at radius 3 is 2.85 bits per heavy atom. The number of nitrogens with zero attached hydrogens (tertiary/aromatic N) is 4. The number of nitrogens with one attached hydrogen (secondary N) is 1. The van der Waals surface area contributed by atoms with Crippen molar-refractivity contribution in [1.82, 2.24) is 9.55 Å². The van der Waals surface area contributed by atoms with Crippen LogP contribution in [0, 0.1) is 12.8 Å². The molecular formula is C12H17N5O3. The number of hydrogen-bond acceptors (Lipinski definition) is 4. The lowest BCUT2D eigenvalue weighted by molar-refractivity contribution is -0.0234. The fraction of sp³-hybridized carbons (Fsp3) is 0.667. The largest absolute Gasteiger partial charge is 0.354 e. The summed E-state index contributed by atoms with van der Waals surface area (Å²) in [6.07, 6.45) is 1.12. The van der Waals surface area contributed by atoms with Gasteiger partial charge in [0.15, 0.2) is 0 Å². The van der Waals surface area contributed by atoms with Crippen LogP contribution in [-0.2, 0) is 4.74 Å². The van der Waals surface area contributed by atoms with Gasteiger partial charge < -0.3 is 4.74 Å². The van der Waals surface area contributed by atoms with E-state index in [1.54, 1.807) is 6.92 Å². The van der Waals surface area contributed by atoms with E-state index >= 15 is 0 Å². The summed E-state index contributed by atoms with van der Waals surface area (Å²) in [6.45, 7) is 5.55. The van der Waals surface area contributed by atoms with E-state index < -0.39 is 17.5 Å². The molecule has 1 aliphatic rings. The first-order chi connectivity index (χ1) is 9.43. The van der Waals surface area contributed by atoms with Gasteiger partial charge in [-0.3, -0.25) is 14.3 Å². The first-order valence-electron chi connectivity index (χ1n) is 6.45. The Labute approximate surface area is 115 Å². The van der Waals surface area contributed by atoms with Gasteiger partial charge in [0.1, 0.15) is 6.23 Å². The Morgan fingerprint density at radius 2 is 2.25 bits per heavy atom. The highest BCUT2D eigenvalue weighted by Crippen LogP contribution is 2.33. The van der Waals surface area contributed by atoms with Crippen LogP contribution in [0.2, 0.25) is 0 Å². The molecule has 0 spiro atoms. The molecule has 0 aromatic carbocycles. The number of aromatic amines is 1. The van der Waals surface area contributed by atoms with E-state index in [0.29, 0.717) is 12.0 Å². The Hall–Kier alpha value is -2.05. The molecule has 0 bridgehead atoms. The Bertz CT molecular complexity index is 656. The van der Waals surface area contributed by atoms with Crippen molar-refractivity contribution in [1.29, 1.82) is 0 Å². The predicted molar refractivity (Wildman–Crippen MR) is 72.4 cm³/mol. The molecule has 108 valence electrons. The van der Waals surface area contributed by atoms with Crippen LogP contribution in [0.1, 0.15) is 32.1 Å². The second-order valence-electron chi connectivity index (χ2n) is 5.29. The molecule has 1 fully saturated rings. The van der Waals surface area contributed by atoms with Gasteiger partial charge in [0, 0.05) is 23.1 Å². The highest BCUT2D eigenvalue weighted by Gasteiger charge is 2.37. The van der Waals surface area contributed by atoms with Crippen LogP contribution in [-0.4, -0.2) is 21.7 Å². The number of hydrogen-bond donors (Lipinski definition) is 1. The van der Waals surface area contributed by atoms with Crippen LogP contribution in [0.3, 0.4) is 0 Å². The molecule has 2 rings (SSSR count). The third-order valence-electron chi connectivity index (χ3n) is 3.45. The zero-order valence-corrected chi connectivity index (χ0v) is 11.6. The van der Waals surface area contributed by atoms with Crippen molar-refractivity contribution in [3.8, 4) is 0 Å². The number of H-pyrrole nitrogens is 1. The van der Waals surface area contributed by atoms with Crippen molar-refractivity contribution >= 4 is 0 Å². The molecule has 3 atom stereocenters. The number of rotatable bonds is 3. The Morgan fingerprint density at radius 1 is 1.55 bits per heavy atom. The number of aryl methyl sites for hydroxylation is 1. The summed E-state index contributed by atoms with van der Waals surface area (Å²) in [5.41, 5.74) is 8.11. The van der Waals surface area contributed by atoms with E-state index in [2.05, 4.69) is 15.0 Å². The maximum atomic E-state index is 11.8. The van der Waals surface area contributed by atoms with Crippen molar-refractivity contribution in [3.63, 3.8) is 0 Å². The highest BCUT2D eigenvalue weighted by molar-refractivity contribution is 5.02. The van der Waals surface area contributed by atoms with E-state index in [4.69, 9.17) is 10.3 Å². The summed E-state index contributed by atoms with van der Waals surface area (Å²) in [7, 11) is 0. The molecule has 1 N–H and O–H groups in total. The Kier molecular flexibility index (Phi) is 3.96. The van der Waals surface area contributed by atoms with Crippen molar-refractivity contribution < 1.29 is 4.74 Å². The van der Waals surface area contributed by atoms with E-state index in [9.17, 15) is 9.59 Å². The van der Waals surface area contributed by atoms with Crippen LogP contribution in [0.4, 0.5) is 0 Å². The zero-order valence-electron chi connectivity index (χ0n) is 11.6. The maximum Gasteiger partial charge on any atom is 0.330 e. The average molecular weight is 279 g/mol. The van der Waals surface area contributed by atoms with Crippen molar-refractivity contribution in [2.24, 2.45) is 11.0 Å². The molecule has 1 aromatic rings. The molecular weight excluding hydrogens is 262 g/mol. The molecule has 2 heterocycles. The minimum absolute atomic E-state index is 0.162. The van der Waals surface area contributed by atoms with E-state index in [0.717, 1.165) is 0 Å². The van der Waals surface area contributed by atoms with Crippen molar-refractivity contribution in [3.05, 3.63) is 43.0 Å². The average Bonchev–Trinajstić information content (AvgIpc) is 2.78. The minimum Gasteiger partial charge on any atom is -0.354 e. The van der Waals surface area contributed by atoms with Crippen molar-refractivity contribution in [2.75, 3.05) is 0 Å². The summed E-state index contributed by atoms with van der Waals surface area (Å²) in [5.74, 6) is 0.162. The van der Waals surface area contributed by atoms with Crippen LogP contribution in [0.25, 0.3) is 10.4 Å². The smallest absolute Gasteiger partial charge is 0.330 e. The maximum absolute atomic E-state index is 11.8. The van der Waals surface area contributed by atoms with E-state index in [1.165, 1.54) is 10.8 Å². The Balaban J connectivity index is 2.36. The lowest BCUT2D eigenvalue weighted by Crippen LogP contribution is -2.33. The van der Waals surface area contributed by atoms with Crippen molar-refractivity contribution in [2.45, 2.75) is 45.6 Å². The van der Waals surface area contributed by atoms with E-state index in [1.807, 2.05) is 13.8 Å². The van der Waals surface area contributed by atoms with Gasteiger partial charge in [0.2, 0.25) is 0 Å². The molecule has 0 aliphatic carbocycles. The lowest BCUT2D eigenvalue weighted by Gasteiger charge is -2.19. The molecule has 8 heteroatoms. The number of ether oxygens (including phenoxy) is 1. The standard InChI is InChI=1S/C12H17N5O3/c1-6(2)10-8(15-16-13)4-9(20-10)17-5-7(3)11(18)14-12(17)19/h5-6,8-10H,4H2,1-3H3,(H,14,18,19). The molecule has 1 aromatic heterocycles. The summed E-state index contributed by atoms with van der Waals surface area (Å²) < 4.78 is 7.17. The van der Waals surface area contributed by atoms with Gasteiger partial charge in [-0.1, -0.05) is 19.0 Å². The minimum atomic E-state index is -0.527. The van der Waals surface area contributed by atoms with Gasteiger partial charge in [0.05, 0.1) is 12.1 Å². The van der Waals surface area contributed by atoms with Crippen LogP contribution < -0.4 is 11.2 Å². The first kappa shape index (κ1) is 14.4. The first-order valence-corrected chi connectivity index (χ1v) is 6.45. The monoisotopic (exact) mass is 279 g/mol. The second kappa shape index (κ2) is 5.52. The normalized spacial score (nSPS) is 25.7. The molecule has 1 aliphatic heterocycles. The van der Waals surface area contributed by atoms with Gasteiger partial charge in [-0.25, -0.2) is 4.79 Å². The van der Waals surface area contributed by atoms with Gasteiger partial charge in [-0.05, 0) is 18.4 Å². The van der Waals surface area contributed by atoms with Crippen LogP contribution in [0.15, 0.2) is 20.9 Å². The van der Waals surface area contributed by atoms with Crippen LogP contribution in [0.5, 0.6) is 0 Å². The third-order valence-corrected chi connectivity index (χ3v) is 3.45. The summed E-state index contributed by atoms with van der Waals surface area (Å²) in [4.78, 5) is 28.3. The molecule has 0 saturated carbocycles. The fourth-order valence-electron chi connectivity index (χ4n) is 2.43. The number of aromatic nitrogens is 2.